The largest absolute Gasteiger partial charge is 0.339 e. The van der Waals surface area contributed by atoms with Crippen LogP contribution in [0.4, 0.5) is 8.78 Å². The third-order valence-corrected chi connectivity index (χ3v) is 4.65. The highest BCUT2D eigenvalue weighted by molar-refractivity contribution is 5.95. The quantitative estimate of drug-likeness (QED) is 0.933. The monoisotopic (exact) mass is 333 g/mol. The number of likely N-dealkylation sites (tertiary alicyclic amines) is 1. The number of aromatic nitrogens is 2. The lowest BCUT2D eigenvalue weighted by Crippen LogP contribution is -2.39. The highest BCUT2D eigenvalue weighted by Crippen LogP contribution is 2.24. The van der Waals surface area contributed by atoms with E-state index in [0.717, 1.165) is 31.0 Å². The van der Waals surface area contributed by atoms with Crippen molar-refractivity contribution in [3.05, 3.63) is 52.9 Å². The molecule has 1 fully saturated rings. The van der Waals surface area contributed by atoms with E-state index in [4.69, 9.17) is 0 Å². The van der Waals surface area contributed by atoms with E-state index in [0.29, 0.717) is 36.6 Å². The normalized spacial score (nSPS) is 15.7. The molecule has 1 N–H and O–H groups in total. The van der Waals surface area contributed by atoms with Crippen LogP contribution in [0.1, 0.15) is 41.4 Å². The number of amides is 1. The van der Waals surface area contributed by atoms with Gasteiger partial charge in [0.05, 0.1) is 11.8 Å². The molecule has 2 heterocycles. The van der Waals surface area contributed by atoms with Gasteiger partial charge in [-0.05, 0) is 49.3 Å². The van der Waals surface area contributed by atoms with E-state index in [1.165, 1.54) is 12.1 Å². The highest BCUT2D eigenvalue weighted by Gasteiger charge is 2.25. The van der Waals surface area contributed by atoms with Crippen molar-refractivity contribution in [3.63, 3.8) is 0 Å². The summed E-state index contributed by atoms with van der Waals surface area (Å²) in [6.45, 7) is 3.31. The zero-order valence-corrected chi connectivity index (χ0v) is 13.7. The maximum absolute atomic E-state index is 13.3. The van der Waals surface area contributed by atoms with E-state index in [9.17, 15) is 13.6 Å². The number of nitrogens with zero attached hydrogens (tertiary/aromatic N) is 2. The van der Waals surface area contributed by atoms with Crippen LogP contribution in [0.15, 0.2) is 24.4 Å². The van der Waals surface area contributed by atoms with Crippen LogP contribution in [0, 0.1) is 17.6 Å². The van der Waals surface area contributed by atoms with Gasteiger partial charge >= 0.3 is 0 Å². The Labute approximate surface area is 139 Å². The number of aryl methyl sites for hydroxylation is 1. The summed E-state index contributed by atoms with van der Waals surface area (Å²) in [4.78, 5) is 14.4. The van der Waals surface area contributed by atoms with Crippen molar-refractivity contribution >= 4 is 5.91 Å². The molecule has 1 aliphatic heterocycles. The second-order valence-corrected chi connectivity index (χ2v) is 6.33. The molecule has 0 unspecified atom stereocenters. The summed E-state index contributed by atoms with van der Waals surface area (Å²) in [7, 11) is 0. The Balaban J connectivity index is 1.58. The van der Waals surface area contributed by atoms with Crippen LogP contribution < -0.4 is 0 Å². The molecule has 4 nitrogen and oxygen atoms in total. The van der Waals surface area contributed by atoms with Gasteiger partial charge in [-0.2, -0.15) is 5.10 Å². The molecule has 0 radical (unpaired) electrons. The van der Waals surface area contributed by atoms with Gasteiger partial charge in [-0.3, -0.25) is 9.89 Å². The van der Waals surface area contributed by atoms with E-state index in [1.54, 1.807) is 6.20 Å². The Morgan fingerprint density at radius 1 is 1.25 bits per heavy atom. The maximum atomic E-state index is 13.3. The Hall–Kier alpha value is -2.24. The molecule has 0 atom stereocenters. The second kappa shape index (κ2) is 7.11. The number of carbonyl (C=O) groups excluding carboxylic acids is 1. The summed E-state index contributed by atoms with van der Waals surface area (Å²) >= 11 is 0. The zero-order chi connectivity index (χ0) is 17.1. The summed E-state index contributed by atoms with van der Waals surface area (Å²) in [5.74, 6) is -0.726. The summed E-state index contributed by atoms with van der Waals surface area (Å²) in [5, 5.41) is 6.81. The third-order valence-electron chi connectivity index (χ3n) is 4.65. The van der Waals surface area contributed by atoms with E-state index in [1.807, 2.05) is 11.8 Å². The number of nitrogens with one attached hydrogen (secondary N) is 1. The average Bonchev–Trinajstić information content (AvgIpc) is 3.02. The number of H-pyrrole nitrogens is 1. The van der Waals surface area contributed by atoms with Gasteiger partial charge < -0.3 is 4.90 Å². The predicted molar refractivity (Wildman–Crippen MR) is 86.7 cm³/mol. The van der Waals surface area contributed by atoms with Gasteiger partial charge in [-0.1, -0.05) is 6.92 Å². The van der Waals surface area contributed by atoms with Crippen LogP contribution in [0.3, 0.4) is 0 Å². The maximum Gasteiger partial charge on any atom is 0.257 e. The molecule has 1 amide bonds. The van der Waals surface area contributed by atoms with E-state index in [-0.39, 0.29) is 5.91 Å². The van der Waals surface area contributed by atoms with Crippen LogP contribution in [0.5, 0.6) is 0 Å². The van der Waals surface area contributed by atoms with Crippen molar-refractivity contribution in [1.29, 1.82) is 0 Å². The van der Waals surface area contributed by atoms with Gasteiger partial charge in [0.25, 0.3) is 5.91 Å². The van der Waals surface area contributed by atoms with E-state index in [2.05, 4.69) is 10.2 Å². The van der Waals surface area contributed by atoms with Gasteiger partial charge in [0.2, 0.25) is 0 Å². The van der Waals surface area contributed by atoms with Crippen LogP contribution in [-0.2, 0) is 12.8 Å². The number of benzene rings is 1. The molecule has 128 valence electrons. The predicted octanol–water partition coefficient (Wildman–Crippen LogP) is 3.35. The van der Waals surface area contributed by atoms with Gasteiger partial charge in [0, 0.05) is 24.8 Å². The lowest BCUT2D eigenvalue weighted by Gasteiger charge is -2.32. The van der Waals surface area contributed by atoms with Crippen LogP contribution in [0.25, 0.3) is 0 Å². The average molecular weight is 333 g/mol. The van der Waals surface area contributed by atoms with Gasteiger partial charge in [-0.15, -0.1) is 0 Å². The molecule has 0 saturated carbocycles. The lowest BCUT2D eigenvalue weighted by atomic mass is 9.90. The lowest BCUT2D eigenvalue weighted by molar-refractivity contribution is 0.0689. The molecule has 0 spiro atoms. The molecule has 6 heteroatoms. The van der Waals surface area contributed by atoms with Crippen molar-refractivity contribution in [3.8, 4) is 0 Å². The molecular weight excluding hydrogens is 312 g/mol. The van der Waals surface area contributed by atoms with Gasteiger partial charge in [0.1, 0.15) is 11.6 Å². The summed E-state index contributed by atoms with van der Waals surface area (Å²) in [6.07, 6.45) is 4.64. The molecule has 1 aliphatic rings. The van der Waals surface area contributed by atoms with Crippen molar-refractivity contribution in [2.24, 2.45) is 5.92 Å². The minimum atomic E-state index is -0.537. The van der Waals surface area contributed by atoms with E-state index < -0.39 is 11.6 Å². The molecular formula is C18H21F2N3O. The number of hydrogen-bond donors (Lipinski definition) is 1. The number of rotatable bonds is 4. The summed E-state index contributed by atoms with van der Waals surface area (Å²) in [6, 6.07) is 3.67. The standard InChI is InChI=1S/C18H21F2N3O/c1-2-17-16(11-21-22-17)18(24)23-5-3-12(4-6-23)7-13-8-14(19)10-15(20)9-13/h8-12H,2-7H2,1H3,(H,21,22). The third kappa shape index (κ3) is 3.63. The molecule has 0 aliphatic carbocycles. The van der Waals surface area contributed by atoms with Crippen molar-refractivity contribution in [2.75, 3.05) is 13.1 Å². The molecule has 1 aromatic carbocycles. The zero-order valence-electron chi connectivity index (χ0n) is 13.7. The van der Waals surface area contributed by atoms with Crippen LogP contribution >= 0.6 is 0 Å². The van der Waals surface area contributed by atoms with Crippen molar-refractivity contribution in [1.82, 2.24) is 15.1 Å². The number of carbonyl (C=O) groups is 1. The Kier molecular flexibility index (Phi) is 4.92. The molecule has 0 bridgehead atoms. The number of piperidine rings is 1. The molecule has 1 aromatic heterocycles. The Bertz CT molecular complexity index is 701. The van der Waals surface area contributed by atoms with E-state index >= 15 is 0 Å². The smallest absolute Gasteiger partial charge is 0.257 e. The summed E-state index contributed by atoms with van der Waals surface area (Å²) < 4.78 is 26.6. The first kappa shape index (κ1) is 16.6. The van der Waals surface area contributed by atoms with Crippen molar-refractivity contribution < 1.29 is 13.6 Å². The highest BCUT2D eigenvalue weighted by atomic mass is 19.1. The fraction of sp³-hybridized carbons (Fsp3) is 0.444. The van der Waals surface area contributed by atoms with Gasteiger partial charge in [-0.25, -0.2) is 8.78 Å². The molecule has 1 saturated heterocycles. The molecule has 24 heavy (non-hydrogen) atoms. The minimum absolute atomic E-state index is 0.0100. The fourth-order valence-electron chi connectivity index (χ4n) is 3.34. The number of halogens is 2. The molecule has 2 aromatic rings. The van der Waals surface area contributed by atoms with Crippen LogP contribution in [-0.4, -0.2) is 34.1 Å². The first-order valence-corrected chi connectivity index (χ1v) is 8.33. The summed E-state index contributed by atoms with van der Waals surface area (Å²) in [5.41, 5.74) is 2.18. The Morgan fingerprint density at radius 3 is 2.54 bits per heavy atom. The SMILES string of the molecule is CCc1[nH]ncc1C(=O)N1CCC(Cc2cc(F)cc(F)c2)CC1. The second-order valence-electron chi connectivity index (χ2n) is 6.33. The first-order chi connectivity index (χ1) is 11.6. The first-order valence-electron chi connectivity index (χ1n) is 8.33. The minimum Gasteiger partial charge on any atom is -0.339 e. The fourth-order valence-corrected chi connectivity index (χ4v) is 3.34. The Morgan fingerprint density at radius 2 is 1.92 bits per heavy atom. The van der Waals surface area contributed by atoms with Crippen molar-refractivity contribution in [2.45, 2.75) is 32.6 Å². The van der Waals surface area contributed by atoms with Gasteiger partial charge in [0.15, 0.2) is 0 Å². The molecule has 3 rings (SSSR count). The number of aromatic amines is 1. The van der Waals surface area contributed by atoms with Crippen LogP contribution in [0.2, 0.25) is 0 Å². The number of hydrogen-bond acceptors (Lipinski definition) is 2. The topological polar surface area (TPSA) is 49.0 Å².